The SMILES string of the molecule is O=C1CCc2ccc(-c3ccccc3)cc2C1. The van der Waals surface area contributed by atoms with Crippen molar-refractivity contribution in [2.75, 3.05) is 0 Å². The van der Waals surface area contributed by atoms with Crippen molar-refractivity contribution in [2.45, 2.75) is 19.3 Å². The lowest BCUT2D eigenvalue weighted by molar-refractivity contribution is -0.118. The highest BCUT2D eigenvalue weighted by Gasteiger charge is 2.15. The van der Waals surface area contributed by atoms with Crippen molar-refractivity contribution in [3.8, 4) is 11.1 Å². The number of carbonyl (C=O) groups is 1. The maximum atomic E-state index is 11.5. The van der Waals surface area contributed by atoms with Crippen LogP contribution < -0.4 is 0 Å². The Bertz CT molecular complexity index is 555. The Kier molecular flexibility index (Phi) is 2.52. The molecule has 0 saturated carbocycles. The van der Waals surface area contributed by atoms with Crippen molar-refractivity contribution in [1.82, 2.24) is 0 Å². The Morgan fingerprint density at radius 1 is 0.765 bits per heavy atom. The summed E-state index contributed by atoms with van der Waals surface area (Å²) < 4.78 is 0. The Morgan fingerprint density at radius 2 is 1.59 bits per heavy atom. The lowest BCUT2D eigenvalue weighted by atomic mass is 9.88. The second-order valence-corrected chi connectivity index (χ2v) is 4.56. The van der Waals surface area contributed by atoms with Crippen LogP contribution >= 0.6 is 0 Å². The van der Waals surface area contributed by atoms with Crippen molar-refractivity contribution >= 4 is 5.78 Å². The van der Waals surface area contributed by atoms with Crippen LogP contribution in [0.25, 0.3) is 11.1 Å². The molecule has 0 spiro atoms. The maximum Gasteiger partial charge on any atom is 0.137 e. The fourth-order valence-corrected chi connectivity index (χ4v) is 2.42. The summed E-state index contributed by atoms with van der Waals surface area (Å²) in [7, 11) is 0. The molecule has 17 heavy (non-hydrogen) atoms. The lowest BCUT2D eigenvalue weighted by Gasteiger charge is -2.16. The first kappa shape index (κ1) is 10.3. The van der Waals surface area contributed by atoms with Gasteiger partial charge in [-0.25, -0.2) is 0 Å². The van der Waals surface area contributed by atoms with Gasteiger partial charge in [0.25, 0.3) is 0 Å². The van der Waals surface area contributed by atoms with Crippen molar-refractivity contribution in [1.29, 1.82) is 0 Å². The number of hydrogen-bond donors (Lipinski definition) is 0. The molecule has 2 aromatic carbocycles. The van der Waals surface area contributed by atoms with E-state index < -0.39 is 0 Å². The molecule has 0 radical (unpaired) electrons. The smallest absolute Gasteiger partial charge is 0.137 e. The normalized spacial score (nSPS) is 14.5. The van der Waals surface area contributed by atoms with Gasteiger partial charge in [-0.05, 0) is 28.7 Å². The van der Waals surface area contributed by atoms with Gasteiger partial charge in [0.1, 0.15) is 5.78 Å². The molecule has 3 rings (SSSR count). The molecule has 0 N–H and O–H groups in total. The number of rotatable bonds is 1. The Labute approximate surface area is 101 Å². The molecular weight excluding hydrogens is 208 g/mol. The third-order valence-corrected chi connectivity index (χ3v) is 3.37. The van der Waals surface area contributed by atoms with E-state index in [2.05, 4.69) is 30.3 Å². The van der Waals surface area contributed by atoms with Crippen molar-refractivity contribution in [3.63, 3.8) is 0 Å². The van der Waals surface area contributed by atoms with Gasteiger partial charge in [0.2, 0.25) is 0 Å². The first-order valence-electron chi connectivity index (χ1n) is 6.02. The molecule has 1 heteroatoms. The molecule has 0 aliphatic heterocycles. The zero-order valence-electron chi connectivity index (χ0n) is 9.65. The van der Waals surface area contributed by atoms with E-state index in [9.17, 15) is 4.79 Å². The van der Waals surface area contributed by atoms with E-state index in [-0.39, 0.29) is 0 Å². The summed E-state index contributed by atoms with van der Waals surface area (Å²) >= 11 is 0. The van der Waals surface area contributed by atoms with E-state index >= 15 is 0 Å². The molecule has 0 heterocycles. The summed E-state index contributed by atoms with van der Waals surface area (Å²) in [5.41, 5.74) is 4.97. The van der Waals surface area contributed by atoms with Gasteiger partial charge in [0.05, 0.1) is 0 Å². The lowest BCUT2D eigenvalue weighted by Crippen LogP contribution is -2.12. The first-order chi connectivity index (χ1) is 8.33. The third kappa shape index (κ3) is 2.01. The van der Waals surface area contributed by atoms with Gasteiger partial charge in [0.15, 0.2) is 0 Å². The third-order valence-electron chi connectivity index (χ3n) is 3.37. The van der Waals surface area contributed by atoms with Gasteiger partial charge in [-0.3, -0.25) is 4.79 Å². The predicted octanol–water partition coefficient (Wildman–Crippen LogP) is 3.41. The van der Waals surface area contributed by atoms with Gasteiger partial charge < -0.3 is 0 Å². The van der Waals surface area contributed by atoms with Crippen LogP contribution in [0, 0.1) is 0 Å². The van der Waals surface area contributed by atoms with Gasteiger partial charge in [0, 0.05) is 12.8 Å². The van der Waals surface area contributed by atoms with E-state index in [1.54, 1.807) is 0 Å². The van der Waals surface area contributed by atoms with Crippen molar-refractivity contribution in [3.05, 3.63) is 59.7 Å². The molecule has 1 nitrogen and oxygen atoms in total. The molecule has 0 saturated heterocycles. The summed E-state index contributed by atoms with van der Waals surface area (Å²) in [5.74, 6) is 0.364. The Balaban J connectivity index is 2.04. The van der Waals surface area contributed by atoms with Crippen molar-refractivity contribution in [2.24, 2.45) is 0 Å². The fourth-order valence-electron chi connectivity index (χ4n) is 2.42. The minimum atomic E-state index is 0.364. The average Bonchev–Trinajstić information content (AvgIpc) is 2.39. The summed E-state index contributed by atoms with van der Waals surface area (Å²) in [6.45, 7) is 0. The van der Waals surface area contributed by atoms with Crippen LogP contribution in [-0.4, -0.2) is 5.78 Å². The van der Waals surface area contributed by atoms with E-state index in [1.165, 1.54) is 22.3 Å². The number of fused-ring (bicyclic) bond motifs is 1. The monoisotopic (exact) mass is 222 g/mol. The average molecular weight is 222 g/mol. The van der Waals surface area contributed by atoms with Crippen LogP contribution in [0.1, 0.15) is 17.5 Å². The number of Topliss-reactive ketones (excluding diaryl/α,β-unsaturated/α-hetero) is 1. The minimum Gasteiger partial charge on any atom is -0.299 e. The number of benzene rings is 2. The summed E-state index contributed by atoms with van der Waals surface area (Å²) in [4.78, 5) is 11.5. The van der Waals surface area contributed by atoms with Crippen LogP contribution in [0.15, 0.2) is 48.5 Å². The zero-order valence-corrected chi connectivity index (χ0v) is 9.65. The second-order valence-electron chi connectivity index (χ2n) is 4.56. The molecule has 1 aliphatic carbocycles. The summed E-state index contributed by atoms with van der Waals surface area (Å²) in [6, 6.07) is 16.8. The first-order valence-corrected chi connectivity index (χ1v) is 6.02. The maximum absolute atomic E-state index is 11.5. The fraction of sp³-hybridized carbons (Fsp3) is 0.188. The molecule has 84 valence electrons. The predicted molar refractivity (Wildman–Crippen MR) is 68.9 cm³/mol. The van der Waals surface area contributed by atoms with Gasteiger partial charge >= 0.3 is 0 Å². The van der Waals surface area contributed by atoms with E-state index in [0.717, 1.165) is 6.42 Å². The highest BCUT2D eigenvalue weighted by atomic mass is 16.1. The molecule has 1 aliphatic rings. The number of carbonyl (C=O) groups excluding carboxylic acids is 1. The van der Waals surface area contributed by atoms with Crippen LogP contribution in [0.2, 0.25) is 0 Å². The topological polar surface area (TPSA) is 17.1 Å². The van der Waals surface area contributed by atoms with Crippen LogP contribution in [0.3, 0.4) is 0 Å². The van der Waals surface area contributed by atoms with Gasteiger partial charge in [-0.1, -0.05) is 48.5 Å². The van der Waals surface area contributed by atoms with E-state index in [0.29, 0.717) is 18.6 Å². The van der Waals surface area contributed by atoms with Crippen LogP contribution in [-0.2, 0) is 17.6 Å². The van der Waals surface area contributed by atoms with Gasteiger partial charge in [-0.15, -0.1) is 0 Å². The van der Waals surface area contributed by atoms with E-state index in [4.69, 9.17) is 0 Å². The molecule has 0 fully saturated rings. The highest BCUT2D eigenvalue weighted by Crippen LogP contribution is 2.26. The molecule has 0 amide bonds. The number of hydrogen-bond acceptors (Lipinski definition) is 1. The quantitative estimate of drug-likeness (QED) is 0.722. The Hall–Kier alpha value is -1.89. The largest absolute Gasteiger partial charge is 0.299 e. The minimum absolute atomic E-state index is 0.364. The van der Waals surface area contributed by atoms with Crippen LogP contribution in [0.5, 0.6) is 0 Å². The zero-order chi connectivity index (χ0) is 11.7. The van der Waals surface area contributed by atoms with Gasteiger partial charge in [-0.2, -0.15) is 0 Å². The van der Waals surface area contributed by atoms with Crippen LogP contribution in [0.4, 0.5) is 0 Å². The Morgan fingerprint density at radius 3 is 2.41 bits per heavy atom. The molecule has 0 aromatic heterocycles. The molecule has 0 atom stereocenters. The second kappa shape index (κ2) is 4.17. The molecular formula is C16H14O. The molecule has 0 bridgehead atoms. The number of aryl methyl sites for hydroxylation is 1. The summed E-state index contributed by atoms with van der Waals surface area (Å²) in [6.07, 6.45) is 2.22. The standard InChI is InChI=1S/C16H14O/c17-16-9-8-13-6-7-14(10-15(13)11-16)12-4-2-1-3-5-12/h1-7,10H,8-9,11H2. The number of ketones is 1. The molecule has 2 aromatic rings. The summed E-state index contributed by atoms with van der Waals surface area (Å²) in [5, 5.41) is 0. The van der Waals surface area contributed by atoms with Crippen molar-refractivity contribution < 1.29 is 4.79 Å². The van der Waals surface area contributed by atoms with E-state index in [1.807, 2.05) is 18.2 Å². The molecule has 0 unspecified atom stereocenters. The highest BCUT2D eigenvalue weighted by molar-refractivity contribution is 5.84.